The highest BCUT2D eigenvalue weighted by Gasteiger charge is 2.29. The lowest BCUT2D eigenvalue weighted by molar-refractivity contribution is -0.385. The second-order valence-electron chi connectivity index (χ2n) is 7.01. The summed E-state index contributed by atoms with van der Waals surface area (Å²) in [6.45, 7) is 2.77. The van der Waals surface area contributed by atoms with Crippen LogP contribution in [0.25, 0.3) is 0 Å². The van der Waals surface area contributed by atoms with Crippen molar-refractivity contribution >= 4 is 50.5 Å². The molecule has 0 radical (unpaired) electrons. The summed E-state index contributed by atoms with van der Waals surface area (Å²) in [5, 5.41) is 14.2. The van der Waals surface area contributed by atoms with Crippen molar-refractivity contribution in [3.8, 4) is 0 Å². The fourth-order valence-corrected chi connectivity index (χ4v) is 5.08. The molecule has 0 atom stereocenters. The number of anilines is 1. The fraction of sp³-hybridized carbons (Fsp3) is 0.316. The molecule has 1 saturated heterocycles. The molecule has 166 valence electrons. The predicted octanol–water partition coefficient (Wildman–Crippen LogP) is 3.16. The molecule has 0 saturated carbocycles. The number of sulfonamides is 1. The number of carbonyl (C=O) groups is 1. The van der Waals surface area contributed by atoms with Gasteiger partial charge in [-0.15, -0.1) is 0 Å². The summed E-state index contributed by atoms with van der Waals surface area (Å²) in [4.78, 5) is 24.8. The van der Waals surface area contributed by atoms with Gasteiger partial charge < -0.3 is 5.32 Å². The topological polar surface area (TPSA) is 113 Å². The molecular formula is C19H20Cl2N4O5S. The second kappa shape index (κ2) is 9.49. The monoisotopic (exact) mass is 486 g/mol. The molecule has 1 N–H and O–H groups in total. The third-order valence-corrected chi connectivity index (χ3v) is 7.64. The standard InChI is InChI=1S/C19H20Cl2N4O5S/c1-13-17(3-2-4-18(13)25(27)28)22-19(26)12-23-7-9-24(10-8-23)31(29,30)14-5-6-15(20)16(21)11-14/h2-6,11H,7-10,12H2,1H3,(H,22,26). The highest BCUT2D eigenvalue weighted by atomic mass is 35.5. The molecule has 1 heterocycles. The van der Waals surface area contributed by atoms with Crippen molar-refractivity contribution in [3.05, 3.63) is 62.1 Å². The maximum atomic E-state index is 12.8. The second-order valence-corrected chi connectivity index (χ2v) is 9.76. The number of hydrogen-bond donors (Lipinski definition) is 1. The first-order chi connectivity index (χ1) is 14.6. The molecule has 0 bridgehead atoms. The van der Waals surface area contributed by atoms with Gasteiger partial charge in [-0.1, -0.05) is 29.3 Å². The molecule has 31 heavy (non-hydrogen) atoms. The van der Waals surface area contributed by atoms with E-state index in [0.29, 0.717) is 24.3 Å². The van der Waals surface area contributed by atoms with Crippen LogP contribution in [0.2, 0.25) is 10.0 Å². The van der Waals surface area contributed by atoms with Gasteiger partial charge in [-0.25, -0.2) is 8.42 Å². The minimum absolute atomic E-state index is 0.0444. The largest absolute Gasteiger partial charge is 0.324 e. The molecule has 1 aliphatic rings. The third-order valence-electron chi connectivity index (χ3n) is 5.00. The number of hydrogen-bond acceptors (Lipinski definition) is 6. The molecule has 1 amide bonds. The van der Waals surface area contributed by atoms with Crippen LogP contribution in [0.5, 0.6) is 0 Å². The van der Waals surface area contributed by atoms with E-state index in [9.17, 15) is 23.3 Å². The van der Waals surface area contributed by atoms with Crippen molar-refractivity contribution in [1.82, 2.24) is 9.21 Å². The maximum Gasteiger partial charge on any atom is 0.274 e. The highest BCUT2D eigenvalue weighted by molar-refractivity contribution is 7.89. The molecule has 1 aliphatic heterocycles. The normalized spacial score (nSPS) is 15.6. The number of nitro groups is 1. The molecule has 1 fully saturated rings. The van der Waals surface area contributed by atoms with E-state index in [1.54, 1.807) is 13.0 Å². The molecule has 12 heteroatoms. The highest BCUT2D eigenvalue weighted by Crippen LogP contribution is 2.27. The quantitative estimate of drug-likeness (QED) is 0.495. The van der Waals surface area contributed by atoms with Gasteiger partial charge in [0.25, 0.3) is 5.69 Å². The van der Waals surface area contributed by atoms with Crippen molar-refractivity contribution in [3.63, 3.8) is 0 Å². The van der Waals surface area contributed by atoms with Crippen molar-refractivity contribution in [2.24, 2.45) is 0 Å². The number of piperazine rings is 1. The number of nitrogens with zero attached hydrogens (tertiary/aromatic N) is 3. The van der Waals surface area contributed by atoms with Crippen LogP contribution >= 0.6 is 23.2 Å². The average Bonchev–Trinajstić information content (AvgIpc) is 2.71. The van der Waals surface area contributed by atoms with E-state index in [2.05, 4.69) is 5.32 Å². The Bertz CT molecular complexity index is 1120. The van der Waals surface area contributed by atoms with Crippen LogP contribution in [0.3, 0.4) is 0 Å². The summed E-state index contributed by atoms with van der Waals surface area (Å²) < 4.78 is 27.0. The first-order valence-corrected chi connectivity index (χ1v) is 11.5. The van der Waals surface area contributed by atoms with Crippen LogP contribution in [-0.4, -0.2) is 61.2 Å². The fourth-order valence-electron chi connectivity index (χ4n) is 3.26. The third kappa shape index (κ3) is 5.34. The Morgan fingerprint density at radius 3 is 2.42 bits per heavy atom. The Morgan fingerprint density at radius 1 is 1.13 bits per heavy atom. The van der Waals surface area contributed by atoms with Gasteiger partial charge in [0.05, 0.1) is 37.7 Å². The van der Waals surface area contributed by atoms with Gasteiger partial charge in [-0.3, -0.25) is 19.8 Å². The number of amides is 1. The van der Waals surface area contributed by atoms with Crippen LogP contribution in [0, 0.1) is 17.0 Å². The predicted molar refractivity (Wildman–Crippen MR) is 118 cm³/mol. The Labute approximate surface area is 189 Å². The number of nitro benzene ring substituents is 1. The lowest BCUT2D eigenvalue weighted by Crippen LogP contribution is -2.50. The Morgan fingerprint density at radius 2 is 1.81 bits per heavy atom. The van der Waals surface area contributed by atoms with E-state index in [0.717, 1.165) is 0 Å². The van der Waals surface area contributed by atoms with E-state index in [1.165, 1.54) is 34.6 Å². The summed E-state index contributed by atoms with van der Waals surface area (Å²) in [6.07, 6.45) is 0. The SMILES string of the molecule is Cc1c(NC(=O)CN2CCN(S(=O)(=O)c3ccc(Cl)c(Cl)c3)CC2)cccc1[N+](=O)[O-]. The van der Waals surface area contributed by atoms with Crippen molar-refractivity contribution < 1.29 is 18.1 Å². The number of halogens is 2. The average molecular weight is 487 g/mol. The van der Waals surface area contributed by atoms with E-state index in [1.807, 2.05) is 4.90 Å². The zero-order valence-corrected chi connectivity index (χ0v) is 18.9. The summed E-state index contributed by atoms with van der Waals surface area (Å²) in [5.74, 6) is -0.329. The van der Waals surface area contributed by atoms with Crippen LogP contribution in [-0.2, 0) is 14.8 Å². The van der Waals surface area contributed by atoms with E-state index in [-0.39, 0.29) is 46.2 Å². The lowest BCUT2D eigenvalue weighted by Gasteiger charge is -2.33. The molecule has 2 aromatic rings. The van der Waals surface area contributed by atoms with Crippen LogP contribution in [0.15, 0.2) is 41.3 Å². The molecule has 9 nitrogen and oxygen atoms in total. The number of carbonyl (C=O) groups excluding carboxylic acids is 1. The molecule has 0 aliphatic carbocycles. The van der Waals surface area contributed by atoms with Gasteiger partial charge in [-0.05, 0) is 31.2 Å². The van der Waals surface area contributed by atoms with Gasteiger partial charge >= 0.3 is 0 Å². The van der Waals surface area contributed by atoms with E-state index >= 15 is 0 Å². The van der Waals surface area contributed by atoms with E-state index < -0.39 is 14.9 Å². The lowest BCUT2D eigenvalue weighted by atomic mass is 10.1. The first-order valence-electron chi connectivity index (χ1n) is 9.31. The summed E-state index contributed by atoms with van der Waals surface area (Å²) in [6, 6.07) is 8.65. The zero-order valence-electron chi connectivity index (χ0n) is 16.5. The van der Waals surface area contributed by atoms with Crippen molar-refractivity contribution in [2.75, 3.05) is 38.0 Å². The van der Waals surface area contributed by atoms with Gasteiger partial charge in [0.15, 0.2) is 0 Å². The zero-order chi connectivity index (χ0) is 22.8. The van der Waals surface area contributed by atoms with Gasteiger partial charge in [0.2, 0.25) is 15.9 Å². The molecule has 0 unspecified atom stereocenters. The Balaban J connectivity index is 1.59. The first kappa shape index (κ1) is 23.4. The summed E-state index contributed by atoms with van der Waals surface area (Å²) >= 11 is 11.8. The number of rotatable bonds is 6. The summed E-state index contributed by atoms with van der Waals surface area (Å²) in [5.41, 5.74) is 0.678. The Kier molecular flexibility index (Phi) is 7.17. The maximum absolute atomic E-state index is 12.8. The van der Waals surface area contributed by atoms with Gasteiger partial charge in [0, 0.05) is 32.2 Å². The molecule has 3 rings (SSSR count). The smallest absolute Gasteiger partial charge is 0.274 e. The number of benzene rings is 2. The minimum Gasteiger partial charge on any atom is -0.324 e. The van der Waals surface area contributed by atoms with Gasteiger partial charge in [0.1, 0.15) is 0 Å². The van der Waals surface area contributed by atoms with Crippen molar-refractivity contribution in [1.29, 1.82) is 0 Å². The van der Waals surface area contributed by atoms with Crippen LogP contribution in [0.4, 0.5) is 11.4 Å². The minimum atomic E-state index is -3.72. The van der Waals surface area contributed by atoms with E-state index in [4.69, 9.17) is 23.2 Å². The molecule has 2 aromatic carbocycles. The van der Waals surface area contributed by atoms with Gasteiger partial charge in [-0.2, -0.15) is 4.31 Å². The molecular weight excluding hydrogens is 467 g/mol. The number of nitrogens with one attached hydrogen (secondary N) is 1. The van der Waals surface area contributed by atoms with Crippen LogP contribution < -0.4 is 5.32 Å². The Hall–Kier alpha value is -2.24. The van der Waals surface area contributed by atoms with Crippen LogP contribution in [0.1, 0.15) is 5.56 Å². The molecule has 0 aromatic heterocycles. The molecule has 0 spiro atoms. The van der Waals surface area contributed by atoms with Crippen molar-refractivity contribution in [2.45, 2.75) is 11.8 Å². The summed E-state index contributed by atoms with van der Waals surface area (Å²) in [7, 11) is -3.72.